The zero-order chi connectivity index (χ0) is 28.0. The largest absolute Gasteiger partial charge is 0.494 e. The number of nitrogens with zero attached hydrogens (tertiary/aromatic N) is 1. The van der Waals surface area contributed by atoms with E-state index in [2.05, 4.69) is 4.98 Å². The maximum absolute atomic E-state index is 12.9. The summed E-state index contributed by atoms with van der Waals surface area (Å²) in [5, 5.41) is 11.4. The highest BCUT2D eigenvalue weighted by molar-refractivity contribution is 7.09. The average molecular weight is 558 g/mol. The molecule has 0 saturated carbocycles. The number of alkyl halides is 3. The molecule has 0 saturated heterocycles. The Labute approximate surface area is 227 Å². The first-order chi connectivity index (χ1) is 18.6. The van der Waals surface area contributed by atoms with Crippen LogP contribution in [0.25, 0.3) is 22.4 Å². The third-order valence-corrected chi connectivity index (χ3v) is 6.50. The molecule has 0 spiro atoms. The van der Waals surface area contributed by atoms with Gasteiger partial charge < -0.3 is 19.3 Å². The Morgan fingerprint density at radius 3 is 2.28 bits per heavy atom. The van der Waals surface area contributed by atoms with Crippen LogP contribution in [-0.2, 0) is 17.6 Å². The van der Waals surface area contributed by atoms with Crippen molar-refractivity contribution in [3.8, 4) is 39.6 Å². The molecule has 0 atom stereocenters. The molecule has 0 radical (unpaired) electrons. The van der Waals surface area contributed by atoms with Crippen LogP contribution in [0.3, 0.4) is 0 Å². The number of rotatable bonds is 11. The van der Waals surface area contributed by atoms with Gasteiger partial charge in [-0.3, -0.25) is 0 Å². The molecule has 0 aliphatic carbocycles. The van der Waals surface area contributed by atoms with Crippen molar-refractivity contribution < 1.29 is 37.3 Å². The van der Waals surface area contributed by atoms with Crippen molar-refractivity contribution in [2.24, 2.45) is 0 Å². The average Bonchev–Trinajstić information content (AvgIpc) is 3.39. The minimum Gasteiger partial charge on any atom is -0.494 e. The highest BCUT2D eigenvalue weighted by Gasteiger charge is 2.30. The number of hydrogen-bond acceptors (Lipinski definition) is 6. The molecule has 1 heterocycles. The van der Waals surface area contributed by atoms with E-state index in [4.69, 9.17) is 19.3 Å². The molecule has 0 aliphatic heterocycles. The van der Waals surface area contributed by atoms with Gasteiger partial charge in [0.2, 0.25) is 0 Å². The van der Waals surface area contributed by atoms with E-state index < -0.39 is 24.3 Å². The van der Waals surface area contributed by atoms with Crippen LogP contribution in [-0.4, -0.2) is 29.3 Å². The Hall–Kier alpha value is -4.05. The molecule has 1 aromatic heterocycles. The van der Waals surface area contributed by atoms with Crippen molar-refractivity contribution in [2.75, 3.05) is 13.2 Å². The van der Waals surface area contributed by atoms with Gasteiger partial charge in [0.15, 0.2) is 6.61 Å². The maximum Gasteiger partial charge on any atom is 0.416 e. The van der Waals surface area contributed by atoms with Crippen LogP contribution in [0.1, 0.15) is 29.5 Å². The molecule has 0 bridgehead atoms. The highest BCUT2D eigenvalue weighted by atomic mass is 32.1. The fourth-order valence-corrected chi connectivity index (χ4v) is 4.45. The van der Waals surface area contributed by atoms with Crippen molar-refractivity contribution in [3.05, 3.63) is 82.2 Å². The number of ether oxygens (including phenoxy) is 3. The van der Waals surface area contributed by atoms with Crippen LogP contribution >= 0.6 is 11.3 Å². The summed E-state index contributed by atoms with van der Waals surface area (Å²) in [5.41, 5.74) is 2.63. The molecule has 39 heavy (non-hydrogen) atoms. The van der Waals surface area contributed by atoms with Gasteiger partial charge in [-0.15, -0.1) is 11.3 Å². The molecular weight excluding hydrogens is 531 g/mol. The van der Waals surface area contributed by atoms with E-state index in [9.17, 15) is 18.0 Å². The van der Waals surface area contributed by atoms with Crippen molar-refractivity contribution in [3.63, 3.8) is 0 Å². The van der Waals surface area contributed by atoms with Crippen LogP contribution in [0.4, 0.5) is 13.2 Å². The van der Waals surface area contributed by atoms with Crippen molar-refractivity contribution >= 4 is 17.3 Å². The van der Waals surface area contributed by atoms with Gasteiger partial charge in [0.05, 0.1) is 17.9 Å². The molecule has 6 nitrogen and oxygen atoms in total. The second kappa shape index (κ2) is 12.2. The van der Waals surface area contributed by atoms with Gasteiger partial charge in [-0.05, 0) is 60.9 Å². The number of aromatic nitrogens is 1. The number of carboxylic acids is 1. The number of carboxylic acid groups (broad SMARTS) is 1. The van der Waals surface area contributed by atoms with Crippen LogP contribution in [0, 0.1) is 6.92 Å². The number of aryl methyl sites for hydroxylation is 1. The van der Waals surface area contributed by atoms with E-state index in [1.807, 2.05) is 31.2 Å². The minimum absolute atomic E-state index is 0.130. The predicted molar refractivity (Wildman–Crippen MR) is 142 cm³/mol. The van der Waals surface area contributed by atoms with E-state index in [1.165, 1.54) is 23.5 Å². The van der Waals surface area contributed by atoms with Crippen LogP contribution < -0.4 is 14.2 Å². The smallest absolute Gasteiger partial charge is 0.416 e. The van der Waals surface area contributed by atoms with Crippen molar-refractivity contribution in [1.29, 1.82) is 0 Å². The highest BCUT2D eigenvalue weighted by Crippen LogP contribution is 2.38. The number of aliphatic carboxylic acids is 1. The summed E-state index contributed by atoms with van der Waals surface area (Å²) in [4.78, 5) is 15.6. The van der Waals surface area contributed by atoms with Crippen LogP contribution in [0.15, 0.2) is 66.0 Å². The first kappa shape index (κ1) is 28.0. The van der Waals surface area contributed by atoms with Crippen LogP contribution in [0.5, 0.6) is 17.2 Å². The summed E-state index contributed by atoms with van der Waals surface area (Å²) in [6.07, 6.45) is -3.51. The Bertz CT molecular complexity index is 1420. The number of thiazole rings is 1. The first-order valence-electron chi connectivity index (χ1n) is 12.1. The van der Waals surface area contributed by atoms with E-state index in [0.29, 0.717) is 45.5 Å². The predicted octanol–water partition coefficient (Wildman–Crippen LogP) is 7.64. The van der Waals surface area contributed by atoms with Crippen LogP contribution in [0.2, 0.25) is 0 Å². The lowest BCUT2D eigenvalue weighted by Gasteiger charge is -2.16. The topological polar surface area (TPSA) is 77.9 Å². The fraction of sp³-hybridized carbons (Fsp3) is 0.241. The van der Waals surface area contributed by atoms with E-state index >= 15 is 0 Å². The summed E-state index contributed by atoms with van der Waals surface area (Å²) >= 11 is 1.34. The lowest BCUT2D eigenvalue weighted by atomic mass is 10.0. The molecular formula is C29H26F3NO5S. The first-order valence-corrected chi connectivity index (χ1v) is 13.0. The molecule has 0 fully saturated rings. The third kappa shape index (κ3) is 7.29. The van der Waals surface area contributed by atoms with Crippen molar-refractivity contribution in [1.82, 2.24) is 4.98 Å². The summed E-state index contributed by atoms with van der Waals surface area (Å²) in [6.45, 7) is 4.08. The van der Waals surface area contributed by atoms with Gasteiger partial charge >= 0.3 is 12.1 Å². The number of benzene rings is 3. The number of hydrogen-bond donors (Lipinski definition) is 1. The lowest BCUT2D eigenvalue weighted by molar-refractivity contribution is -0.139. The SMILES string of the molecule is CCCOc1ccc(-c2cc(OCC(=O)O)c(C)cc2OCc2nc(-c3ccc(C(F)(F)F)cc3)cs2)cc1. The molecule has 3 aromatic carbocycles. The Morgan fingerprint density at radius 1 is 0.949 bits per heavy atom. The van der Waals surface area contributed by atoms with E-state index in [0.717, 1.165) is 29.9 Å². The lowest BCUT2D eigenvalue weighted by Crippen LogP contribution is -2.10. The standard InChI is InChI=1S/C29H26F3NO5S/c1-3-12-36-22-10-6-19(7-11-22)23-14-25(38-16-28(34)35)18(2)13-26(23)37-15-27-33-24(17-39-27)20-4-8-21(9-5-20)29(30,31)32/h4-11,13-14,17H,3,12,15-16H2,1-2H3,(H,34,35). The minimum atomic E-state index is -4.40. The monoisotopic (exact) mass is 557 g/mol. The molecule has 0 amide bonds. The Balaban J connectivity index is 1.56. The Kier molecular flexibility index (Phi) is 8.75. The normalized spacial score (nSPS) is 11.3. The summed E-state index contributed by atoms with van der Waals surface area (Å²) in [6, 6.07) is 15.8. The van der Waals surface area contributed by atoms with E-state index in [-0.39, 0.29) is 6.61 Å². The van der Waals surface area contributed by atoms with Gasteiger partial charge in [0.1, 0.15) is 28.9 Å². The molecule has 204 valence electrons. The summed E-state index contributed by atoms with van der Waals surface area (Å²) < 4.78 is 55.9. The summed E-state index contributed by atoms with van der Waals surface area (Å²) in [5.74, 6) is 0.617. The molecule has 0 aliphatic rings. The Morgan fingerprint density at radius 2 is 1.64 bits per heavy atom. The maximum atomic E-state index is 12.9. The zero-order valence-electron chi connectivity index (χ0n) is 21.2. The second-order valence-electron chi connectivity index (χ2n) is 8.66. The van der Waals surface area contributed by atoms with Gasteiger partial charge in [-0.1, -0.05) is 31.2 Å². The van der Waals surface area contributed by atoms with Gasteiger partial charge in [0.25, 0.3) is 0 Å². The second-order valence-corrected chi connectivity index (χ2v) is 9.60. The molecule has 1 N–H and O–H groups in total. The van der Waals surface area contributed by atoms with E-state index in [1.54, 1.807) is 24.4 Å². The quantitative estimate of drug-likeness (QED) is 0.204. The molecule has 10 heteroatoms. The molecule has 4 rings (SSSR count). The van der Waals surface area contributed by atoms with Gasteiger partial charge in [0, 0.05) is 16.5 Å². The molecule has 4 aromatic rings. The van der Waals surface area contributed by atoms with Gasteiger partial charge in [-0.2, -0.15) is 13.2 Å². The third-order valence-electron chi connectivity index (χ3n) is 5.68. The van der Waals surface area contributed by atoms with Crippen molar-refractivity contribution in [2.45, 2.75) is 33.1 Å². The molecule has 0 unspecified atom stereocenters. The number of carbonyl (C=O) groups is 1. The zero-order valence-corrected chi connectivity index (χ0v) is 22.1. The number of halogens is 3. The fourth-order valence-electron chi connectivity index (χ4n) is 3.73. The summed E-state index contributed by atoms with van der Waals surface area (Å²) in [7, 11) is 0. The van der Waals surface area contributed by atoms with Gasteiger partial charge in [-0.25, -0.2) is 9.78 Å².